The number of rotatable bonds is 6. The maximum atomic E-state index is 5.42. The molecule has 2 unspecified atom stereocenters. The van der Waals surface area contributed by atoms with Gasteiger partial charge in [-0.05, 0) is 215 Å². The Morgan fingerprint density at radius 1 is 0.341 bits per heavy atom. The molecule has 1 nitrogen and oxygen atoms in total. The van der Waals surface area contributed by atoms with Crippen LogP contribution < -0.4 is 4.74 Å². The van der Waals surface area contributed by atoms with E-state index in [0.717, 1.165) is 5.75 Å². The second kappa shape index (κ2) is 32.0. The first-order chi connectivity index (χ1) is 39.6. The van der Waals surface area contributed by atoms with E-state index in [4.69, 9.17) is 4.74 Å². The molecular formula is C76H99OS5+5. The van der Waals surface area contributed by atoms with Gasteiger partial charge in [-0.1, -0.05) is 128 Å². The average Bonchev–Trinajstić information content (AvgIpc) is 4.25. The molecule has 0 bridgehead atoms. The Morgan fingerprint density at radius 2 is 0.683 bits per heavy atom. The fraction of sp³-hybridized carbons (Fsp3) is 0.395. The summed E-state index contributed by atoms with van der Waals surface area (Å²) in [5.74, 6) is 9.57. The standard InChI is InChI=1S/C18H19S.C17H27S.C14H21OS.C14H11S.C11H15S.C2H6/c1-18(2,3)15-8-10-16(11-9-15)19-13-12-14-6-4-5-7-17(14)19;1-13-11-15(18-9-7-6-8-10-18)12-14(2)16(13)17(3,4)5;1-11-9-13(10-12(2)14(11)15-3)16-7-5-4-6-8-16;1-2-7-13(8-3-1)15-11-10-12-6-4-5-9-14(12)15;1-3-7-11(8-4-1)12-9-5-2-6-10-12;1-2/h4-13H,1-3H3;11-12H,6-10H2,1-5H3;9-10H,4-8H2,1-3H3;1-11H;1,3-4,7-8H,2,5-6,9-10H2;1-2H3/q5*+1;. The van der Waals surface area contributed by atoms with E-state index >= 15 is 0 Å². The molecule has 3 fully saturated rings. The van der Waals surface area contributed by atoms with Crippen molar-refractivity contribution in [1.29, 1.82) is 0 Å². The lowest BCUT2D eigenvalue weighted by molar-refractivity contribution is 0.408. The fourth-order valence-electron chi connectivity index (χ4n) is 11.6. The van der Waals surface area contributed by atoms with Crippen molar-refractivity contribution in [2.75, 3.05) is 41.6 Å². The number of hydrogen-bond donors (Lipinski definition) is 0. The Kier molecular flexibility index (Phi) is 25.3. The van der Waals surface area contributed by atoms with Gasteiger partial charge in [0.1, 0.15) is 51.0 Å². The van der Waals surface area contributed by atoms with Gasteiger partial charge in [0.15, 0.2) is 33.9 Å². The van der Waals surface area contributed by atoms with Crippen molar-refractivity contribution in [1.82, 2.24) is 0 Å². The molecule has 3 aliphatic heterocycles. The highest BCUT2D eigenvalue weighted by molar-refractivity contribution is 7.97. The molecule has 434 valence electrons. The second-order valence-corrected chi connectivity index (χ2v) is 34.5. The molecule has 0 amide bonds. The van der Waals surface area contributed by atoms with Gasteiger partial charge < -0.3 is 4.74 Å². The first-order valence-corrected chi connectivity index (χ1v) is 37.9. The summed E-state index contributed by atoms with van der Waals surface area (Å²) in [6.45, 7) is 26.7. The van der Waals surface area contributed by atoms with Crippen molar-refractivity contribution in [3.8, 4) is 15.5 Å². The summed E-state index contributed by atoms with van der Waals surface area (Å²) in [5, 5.41) is 7.37. The zero-order valence-electron chi connectivity index (χ0n) is 52.4. The molecular weight excluding hydrogens is 1090 g/mol. The van der Waals surface area contributed by atoms with Gasteiger partial charge >= 0.3 is 0 Å². The van der Waals surface area contributed by atoms with Gasteiger partial charge in [-0.3, -0.25) is 0 Å². The van der Waals surface area contributed by atoms with E-state index < -0.39 is 0 Å². The highest BCUT2D eigenvalue weighted by atomic mass is 32.2. The van der Waals surface area contributed by atoms with Crippen molar-refractivity contribution in [3.63, 3.8) is 0 Å². The van der Waals surface area contributed by atoms with Gasteiger partial charge in [0.2, 0.25) is 0 Å². The molecule has 0 N–H and O–H groups in total. The lowest BCUT2D eigenvalue weighted by Crippen LogP contribution is -2.20. The molecule has 0 aliphatic carbocycles. The van der Waals surface area contributed by atoms with Crippen molar-refractivity contribution in [2.24, 2.45) is 0 Å². The van der Waals surface area contributed by atoms with Gasteiger partial charge in [0, 0.05) is 76.5 Å². The van der Waals surface area contributed by atoms with Crippen molar-refractivity contribution in [3.05, 3.63) is 214 Å². The molecule has 2 aromatic heterocycles. The van der Waals surface area contributed by atoms with E-state index in [1.165, 1.54) is 150 Å². The Bertz CT molecular complexity index is 3250. The zero-order valence-corrected chi connectivity index (χ0v) is 56.5. The third kappa shape index (κ3) is 18.2. The first-order valence-electron chi connectivity index (χ1n) is 30.6. The number of aryl methyl sites for hydroxylation is 4. The van der Waals surface area contributed by atoms with E-state index in [0.29, 0.717) is 32.7 Å². The highest BCUT2D eigenvalue weighted by Crippen LogP contribution is 2.41. The smallest absolute Gasteiger partial charge is 0.186 e. The molecule has 3 saturated heterocycles. The van der Waals surface area contributed by atoms with Gasteiger partial charge in [0.25, 0.3) is 0 Å². The van der Waals surface area contributed by atoms with Crippen LogP contribution in [0.25, 0.3) is 30.0 Å². The van der Waals surface area contributed by atoms with Crippen LogP contribution in [0.4, 0.5) is 0 Å². The minimum atomic E-state index is 0.119. The largest absolute Gasteiger partial charge is 0.496 e. The summed E-state index contributed by atoms with van der Waals surface area (Å²) in [4.78, 5) is 7.57. The number of hydrogen-bond acceptors (Lipinski definition) is 1. The minimum Gasteiger partial charge on any atom is -0.496 e. The predicted molar refractivity (Wildman–Crippen MR) is 377 cm³/mol. The van der Waals surface area contributed by atoms with E-state index in [1.807, 2.05) is 13.8 Å². The fourth-order valence-corrected chi connectivity index (χ4v) is 22.7. The molecule has 9 aromatic rings. The number of thiophene rings is 2. The summed E-state index contributed by atoms with van der Waals surface area (Å²) in [5.41, 5.74) is 9.01. The van der Waals surface area contributed by atoms with E-state index in [1.54, 1.807) is 27.4 Å². The van der Waals surface area contributed by atoms with Crippen LogP contribution in [-0.2, 0) is 43.5 Å². The summed E-state index contributed by atoms with van der Waals surface area (Å²) < 4.78 is 8.32. The number of methoxy groups -OCH3 is 1. The summed E-state index contributed by atoms with van der Waals surface area (Å²) >= 11 is 0. The van der Waals surface area contributed by atoms with Crippen LogP contribution in [0, 0.1) is 27.7 Å². The van der Waals surface area contributed by atoms with Gasteiger partial charge in [0.05, 0.1) is 7.11 Å². The molecule has 3 aliphatic rings. The third-order valence-corrected chi connectivity index (χ3v) is 27.0. The van der Waals surface area contributed by atoms with Crippen LogP contribution in [0.3, 0.4) is 0 Å². The maximum Gasteiger partial charge on any atom is 0.186 e. The third-order valence-electron chi connectivity index (χ3n) is 15.5. The van der Waals surface area contributed by atoms with E-state index in [9.17, 15) is 0 Å². The topological polar surface area (TPSA) is 9.23 Å². The molecule has 0 spiro atoms. The molecule has 0 radical (unpaired) electrons. The normalized spacial score (nSPS) is 15.4. The maximum absolute atomic E-state index is 5.42. The number of fused-ring (bicyclic) bond motifs is 2. The summed E-state index contributed by atoms with van der Waals surface area (Å²) in [6.07, 6.45) is 12.9. The van der Waals surface area contributed by atoms with Crippen LogP contribution in [0.5, 0.6) is 5.75 Å². The van der Waals surface area contributed by atoms with Crippen molar-refractivity contribution in [2.45, 2.75) is 166 Å². The quantitative estimate of drug-likeness (QED) is 0.151. The SMILES string of the molecule is CC.CC(C)(C)c1ccc(-[s+]2ccc3ccccc32)cc1.COc1c(C)cc([S+]2CCCCC2)cc1C.Cc1cc([S+]2CCCCC2)cc(C)c1C(C)(C)C.c1ccc(-[s+]2ccc3ccccc32)cc1.c1ccc([S+]2CCCCC2)cc1. The average molecular weight is 1190 g/mol. The monoisotopic (exact) mass is 1190 g/mol. The van der Waals surface area contributed by atoms with Crippen LogP contribution in [0.1, 0.15) is 147 Å². The number of ether oxygens (including phenoxy) is 1. The molecule has 12 rings (SSSR count). The Labute approximate surface area is 512 Å². The molecule has 82 heavy (non-hydrogen) atoms. The molecule has 0 saturated carbocycles. The highest BCUT2D eigenvalue weighted by Gasteiger charge is 2.29. The van der Waals surface area contributed by atoms with Crippen LogP contribution >= 0.6 is 20.9 Å². The molecule has 2 atom stereocenters. The van der Waals surface area contributed by atoms with Crippen molar-refractivity contribution >= 4 is 73.8 Å². The number of benzene rings is 7. The molecule has 6 heteroatoms. The second-order valence-electron chi connectivity index (χ2n) is 23.9. The zero-order chi connectivity index (χ0) is 58.7. The Balaban J connectivity index is 0.000000147. The summed E-state index contributed by atoms with van der Waals surface area (Å²) in [7, 11) is 3.67. The van der Waals surface area contributed by atoms with E-state index in [-0.39, 0.29) is 31.8 Å². The Morgan fingerprint density at radius 3 is 1.06 bits per heavy atom. The van der Waals surface area contributed by atoms with E-state index in [2.05, 4.69) is 250 Å². The lowest BCUT2D eigenvalue weighted by Gasteiger charge is -2.25. The van der Waals surface area contributed by atoms with Gasteiger partial charge in [-0.2, -0.15) is 0 Å². The summed E-state index contributed by atoms with van der Waals surface area (Å²) in [6, 6.07) is 62.2. The molecule has 5 heterocycles. The minimum absolute atomic E-state index is 0.119. The first kappa shape index (κ1) is 64.9. The van der Waals surface area contributed by atoms with Crippen molar-refractivity contribution < 1.29 is 4.74 Å². The predicted octanol–water partition coefficient (Wildman–Crippen LogP) is 22.6. The van der Waals surface area contributed by atoms with Crippen LogP contribution in [-0.4, -0.2) is 41.6 Å². The van der Waals surface area contributed by atoms with Gasteiger partial charge in [-0.15, -0.1) is 0 Å². The lowest BCUT2D eigenvalue weighted by atomic mass is 9.81. The Hall–Kier alpha value is -4.69. The van der Waals surface area contributed by atoms with Crippen LogP contribution in [0.15, 0.2) is 195 Å². The van der Waals surface area contributed by atoms with Crippen LogP contribution in [0.2, 0.25) is 0 Å². The molecule has 7 aromatic carbocycles. The van der Waals surface area contributed by atoms with Gasteiger partial charge in [-0.25, -0.2) is 0 Å².